The van der Waals surface area contributed by atoms with E-state index in [-0.39, 0.29) is 5.75 Å². The third-order valence-electron chi connectivity index (χ3n) is 2.93. The molecule has 0 bridgehead atoms. The Morgan fingerprint density at radius 3 is 2.42 bits per heavy atom. The zero-order valence-corrected chi connectivity index (χ0v) is 11.2. The standard InChI is InChI=1S/C12H15N3O3S/c16-10-14-12-3-1-11(2-4-12)9-19(17,18)15-7-5-13-6-8-15/h1-4,13H,5-9H2. The van der Waals surface area contributed by atoms with Crippen LogP contribution in [0.25, 0.3) is 0 Å². The number of isocyanates is 1. The van der Waals surface area contributed by atoms with Gasteiger partial charge in [0.1, 0.15) is 0 Å². The van der Waals surface area contributed by atoms with E-state index in [0.29, 0.717) is 37.4 Å². The highest BCUT2D eigenvalue weighted by atomic mass is 32.2. The van der Waals surface area contributed by atoms with Crippen LogP contribution in [0.15, 0.2) is 29.3 Å². The summed E-state index contributed by atoms with van der Waals surface area (Å²) in [4.78, 5) is 13.6. The van der Waals surface area contributed by atoms with Crippen molar-refractivity contribution < 1.29 is 13.2 Å². The minimum Gasteiger partial charge on any atom is -0.314 e. The lowest BCUT2D eigenvalue weighted by molar-refractivity contribution is 0.360. The summed E-state index contributed by atoms with van der Waals surface area (Å²) in [6, 6.07) is 6.53. The van der Waals surface area contributed by atoms with Gasteiger partial charge in [-0.25, -0.2) is 13.2 Å². The van der Waals surface area contributed by atoms with Crippen molar-refractivity contribution in [1.29, 1.82) is 0 Å². The molecule has 1 heterocycles. The van der Waals surface area contributed by atoms with Gasteiger partial charge in [-0.15, -0.1) is 0 Å². The molecule has 102 valence electrons. The largest absolute Gasteiger partial charge is 0.314 e. The second-order valence-electron chi connectivity index (χ2n) is 4.27. The van der Waals surface area contributed by atoms with Crippen LogP contribution in [0.2, 0.25) is 0 Å². The van der Waals surface area contributed by atoms with Gasteiger partial charge in [-0.05, 0) is 17.7 Å². The summed E-state index contributed by atoms with van der Waals surface area (Å²) >= 11 is 0. The highest BCUT2D eigenvalue weighted by Gasteiger charge is 2.23. The van der Waals surface area contributed by atoms with E-state index < -0.39 is 10.0 Å². The van der Waals surface area contributed by atoms with E-state index in [2.05, 4.69) is 10.3 Å². The maximum atomic E-state index is 12.2. The molecule has 0 spiro atoms. The van der Waals surface area contributed by atoms with Crippen molar-refractivity contribution in [2.75, 3.05) is 26.2 Å². The summed E-state index contributed by atoms with van der Waals surface area (Å²) in [5.41, 5.74) is 1.15. The molecule has 1 aliphatic heterocycles. The minimum absolute atomic E-state index is 0.0297. The SMILES string of the molecule is O=C=Nc1ccc(CS(=O)(=O)N2CCNCC2)cc1. The summed E-state index contributed by atoms with van der Waals surface area (Å²) in [6.45, 7) is 2.39. The average Bonchev–Trinajstić information content (AvgIpc) is 2.42. The highest BCUT2D eigenvalue weighted by Crippen LogP contribution is 2.16. The lowest BCUT2D eigenvalue weighted by Gasteiger charge is -2.26. The molecule has 0 radical (unpaired) electrons. The van der Waals surface area contributed by atoms with E-state index in [1.165, 1.54) is 10.4 Å². The van der Waals surface area contributed by atoms with Crippen LogP contribution in [0, 0.1) is 0 Å². The van der Waals surface area contributed by atoms with Gasteiger partial charge in [-0.2, -0.15) is 9.30 Å². The molecule has 6 nitrogen and oxygen atoms in total. The summed E-state index contributed by atoms with van der Waals surface area (Å²) in [7, 11) is -3.28. The van der Waals surface area contributed by atoms with Gasteiger partial charge < -0.3 is 5.32 Å². The van der Waals surface area contributed by atoms with Gasteiger partial charge in [0.2, 0.25) is 16.1 Å². The molecule has 1 fully saturated rings. The molecule has 19 heavy (non-hydrogen) atoms. The van der Waals surface area contributed by atoms with Gasteiger partial charge in [0.15, 0.2) is 0 Å². The van der Waals surface area contributed by atoms with Crippen LogP contribution in [-0.4, -0.2) is 45.0 Å². The van der Waals surface area contributed by atoms with Crippen LogP contribution >= 0.6 is 0 Å². The molecule has 0 aliphatic carbocycles. The Morgan fingerprint density at radius 2 is 1.84 bits per heavy atom. The Morgan fingerprint density at radius 1 is 1.21 bits per heavy atom. The van der Waals surface area contributed by atoms with Gasteiger partial charge in [-0.1, -0.05) is 12.1 Å². The molecule has 1 aliphatic rings. The molecule has 7 heteroatoms. The Bertz CT molecular complexity index is 571. The predicted octanol–water partition coefficient (Wildman–Crippen LogP) is 0.389. The van der Waals surface area contributed by atoms with E-state index in [1.807, 2.05) is 0 Å². The first-order valence-electron chi connectivity index (χ1n) is 5.97. The van der Waals surface area contributed by atoms with E-state index in [1.54, 1.807) is 24.3 Å². The second-order valence-corrected chi connectivity index (χ2v) is 6.24. The summed E-state index contributed by atoms with van der Waals surface area (Å²) in [5, 5.41) is 3.12. The topological polar surface area (TPSA) is 78.8 Å². The van der Waals surface area contributed by atoms with Gasteiger partial charge in [0, 0.05) is 26.2 Å². The van der Waals surface area contributed by atoms with Gasteiger partial charge in [0.05, 0.1) is 11.4 Å². The van der Waals surface area contributed by atoms with Crippen molar-refractivity contribution in [2.24, 2.45) is 4.99 Å². The van der Waals surface area contributed by atoms with Crippen LogP contribution < -0.4 is 5.32 Å². The molecule has 0 amide bonds. The number of carbonyl (C=O) groups excluding carboxylic acids is 1. The van der Waals surface area contributed by atoms with Gasteiger partial charge >= 0.3 is 0 Å². The number of benzene rings is 1. The van der Waals surface area contributed by atoms with Crippen molar-refractivity contribution in [1.82, 2.24) is 9.62 Å². The maximum Gasteiger partial charge on any atom is 0.240 e. The van der Waals surface area contributed by atoms with Crippen molar-refractivity contribution >= 4 is 21.8 Å². The normalized spacial score (nSPS) is 16.8. The van der Waals surface area contributed by atoms with E-state index in [4.69, 9.17) is 0 Å². The van der Waals surface area contributed by atoms with Crippen LogP contribution in [0.3, 0.4) is 0 Å². The number of nitrogens with zero attached hydrogens (tertiary/aromatic N) is 2. The predicted molar refractivity (Wildman–Crippen MR) is 71.3 cm³/mol. The summed E-state index contributed by atoms with van der Waals surface area (Å²) in [5.74, 6) is -0.0297. The molecule has 1 saturated heterocycles. The molecular weight excluding hydrogens is 266 g/mol. The lowest BCUT2D eigenvalue weighted by atomic mass is 10.2. The fraction of sp³-hybridized carbons (Fsp3) is 0.417. The third-order valence-corrected chi connectivity index (χ3v) is 4.78. The Kier molecular flexibility index (Phi) is 4.44. The minimum atomic E-state index is -3.28. The fourth-order valence-corrected chi connectivity index (χ4v) is 3.48. The fourth-order valence-electron chi connectivity index (χ4n) is 1.94. The van der Waals surface area contributed by atoms with Crippen molar-refractivity contribution in [3.8, 4) is 0 Å². The summed E-state index contributed by atoms with van der Waals surface area (Å²) < 4.78 is 25.9. The third kappa shape index (κ3) is 3.71. The molecule has 0 atom stereocenters. The quantitative estimate of drug-likeness (QED) is 0.639. The number of hydrogen-bond acceptors (Lipinski definition) is 5. The highest BCUT2D eigenvalue weighted by molar-refractivity contribution is 7.88. The average molecular weight is 281 g/mol. The van der Waals surface area contributed by atoms with E-state index in [0.717, 1.165) is 0 Å². The maximum absolute atomic E-state index is 12.2. The molecular formula is C12H15N3O3S. The number of nitrogens with one attached hydrogen (secondary N) is 1. The van der Waals surface area contributed by atoms with E-state index >= 15 is 0 Å². The molecule has 0 aromatic heterocycles. The van der Waals surface area contributed by atoms with Gasteiger partial charge in [-0.3, -0.25) is 0 Å². The van der Waals surface area contributed by atoms with Crippen LogP contribution in [0.4, 0.5) is 5.69 Å². The van der Waals surface area contributed by atoms with Crippen molar-refractivity contribution in [2.45, 2.75) is 5.75 Å². The first-order chi connectivity index (χ1) is 9.12. The molecule has 0 saturated carbocycles. The number of sulfonamides is 1. The Balaban J connectivity index is 2.08. The lowest BCUT2D eigenvalue weighted by Crippen LogP contribution is -2.46. The zero-order chi connectivity index (χ0) is 13.7. The molecule has 1 aromatic carbocycles. The Hall–Kier alpha value is -1.53. The first-order valence-corrected chi connectivity index (χ1v) is 7.58. The number of piperazine rings is 1. The molecule has 0 unspecified atom stereocenters. The first kappa shape index (κ1) is 13.9. The van der Waals surface area contributed by atoms with Crippen molar-refractivity contribution in [3.63, 3.8) is 0 Å². The Labute approximate surface area is 112 Å². The smallest absolute Gasteiger partial charge is 0.240 e. The number of hydrogen-bond donors (Lipinski definition) is 1. The van der Waals surface area contributed by atoms with E-state index in [9.17, 15) is 13.2 Å². The van der Waals surface area contributed by atoms with Gasteiger partial charge in [0.25, 0.3) is 0 Å². The number of aliphatic imine (C=N–C) groups is 1. The number of rotatable bonds is 4. The molecule has 2 rings (SSSR count). The van der Waals surface area contributed by atoms with Crippen LogP contribution in [0.1, 0.15) is 5.56 Å². The molecule has 1 aromatic rings. The summed E-state index contributed by atoms with van der Waals surface area (Å²) in [6.07, 6.45) is 1.44. The molecule has 1 N–H and O–H groups in total. The monoisotopic (exact) mass is 281 g/mol. The van der Waals surface area contributed by atoms with Crippen molar-refractivity contribution in [3.05, 3.63) is 29.8 Å². The van der Waals surface area contributed by atoms with Crippen LogP contribution in [-0.2, 0) is 20.6 Å². The van der Waals surface area contributed by atoms with Crippen LogP contribution in [0.5, 0.6) is 0 Å². The second kappa shape index (κ2) is 6.08. The zero-order valence-electron chi connectivity index (χ0n) is 10.4.